The van der Waals surface area contributed by atoms with Crippen molar-refractivity contribution in [3.63, 3.8) is 0 Å². The first-order chi connectivity index (χ1) is 10.1. The largest absolute Gasteiger partial charge is 0.385 e. The van der Waals surface area contributed by atoms with Crippen molar-refractivity contribution in [2.24, 2.45) is 0 Å². The highest BCUT2D eigenvalue weighted by Gasteiger charge is 2.46. The van der Waals surface area contributed by atoms with Gasteiger partial charge in [0.15, 0.2) is 0 Å². The molecule has 3 rings (SSSR count). The van der Waals surface area contributed by atoms with E-state index in [2.05, 4.69) is 35.2 Å². The van der Waals surface area contributed by atoms with Gasteiger partial charge >= 0.3 is 0 Å². The van der Waals surface area contributed by atoms with Gasteiger partial charge in [-0.1, -0.05) is 36.4 Å². The monoisotopic (exact) mass is 287 g/mol. The third-order valence-corrected chi connectivity index (χ3v) is 5.08. The van der Waals surface area contributed by atoms with Crippen LogP contribution in [-0.4, -0.2) is 40.9 Å². The molecule has 1 aromatic carbocycles. The lowest BCUT2D eigenvalue weighted by atomic mass is 9.76. The first-order valence-corrected chi connectivity index (χ1v) is 7.85. The van der Waals surface area contributed by atoms with E-state index in [-0.39, 0.29) is 0 Å². The molecule has 0 aromatic heterocycles. The molecule has 0 radical (unpaired) electrons. The summed E-state index contributed by atoms with van der Waals surface area (Å²) in [6.07, 6.45) is 3.59. The third kappa shape index (κ3) is 2.91. The Morgan fingerprint density at radius 3 is 2.48 bits per heavy atom. The van der Waals surface area contributed by atoms with Gasteiger partial charge in [-0.2, -0.15) is 0 Å². The van der Waals surface area contributed by atoms with Crippen LogP contribution in [0.2, 0.25) is 0 Å². The molecule has 2 aliphatic rings. The molecule has 2 aliphatic heterocycles. The lowest BCUT2D eigenvalue weighted by Gasteiger charge is -2.52. The van der Waals surface area contributed by atoms with Crippen LogP contribution in [0.25, 0.3) is 0 Å². The van der Waals surface area contributed by atoms with Crippen molar-refractivity contribution in [2.45, 2.75) is 50.9 Å². The molecule has 0 saturated carbocycles. The predicted octanol–water partition coefficient (Wildman–Crippen LogP) is 2.75. The molecule has 1 N–H and O–H groups in total. The average Bonchev–Trinajstić information content (AvgIpc) is 2.48. The van der Waals surface area contributed by atoms with E-state index in [4.69, 9.17) is 4.74 Å². The Labute approximate surface area is 127 Å². The Morgan fingerprint density at radius 1 is 1.29 bits per heavy atom. The molecule has 2 unspecified atom stereocenters. The summed E-state index contributed by atoms with van der Waals surface area (Å²) in [6.45, 7) is 6.45. The highest BCUT2D eigenvalue weighted by Crippen LogP contribution is 2.39. The van der Waals surface area contributed by atoms with Gasteiger partial charge in [-0.25, -0.2) is 0 Å². The fourth-order valence-corrected chi connectivity index (χ4v) is 3.69. The third-order valence-electron chi connectivity index (χ3n) is 5.08. The van der Waals surface area contributed by atoms with Gasteiger partial charge in [0.2, 0.25) is 0 Å². The number of hydrogen-bond donors (Lipinski definition) is 1. The lowest BCUT2D eigenvalue weighted by Crippen LogP contribution is -2.61. The first-order valence-electron chi connectivity index (χ1n) is 7.85. The topological polar surface area (TPSA) is 32.7 Å². The maximum atomic E-state index is 11.0. The second-order valence-corrected chi connectivity index (χ2v) is 6.41. The molecule has 21 heavy (non-hydrogen) atoms. The number of fused-ring (bicyclic) bond motifs is 2. The standard InChI is InChI=1S/C18H25NO2/c1-3-14(2)18(20)9-16-12-21-13-17(10-18)19(16)11-15-7-5-4-6-8-15/h3-8,16-17,20H,9-13H2,1-2H3. The van der Waals surface area contributed by atoms with E-state index < -0.39 is 5.60 Å². The molecular formula is C18H25NO2. The van der Waals surface area contributed by atoms with Gasteiger partial charge in [-0.05, 0) is 37.8 Å². The fourth-order valence-electron chi connectivity index (χ4n) is 3.69. The normalized spacial score (nSPS) is 34.0. The number of aliphatic hydroxyl groups is 1. The number of hydrogen-bond acceptors (Lipinski definition) is 3. The average molecular weight is 287 g/mol. The number of nitrogens with zero attached hydrogens (tertiary/aromatic N) is 1. The zero-order valence-electron chi connectivity index (χ0n) is 13.0. The van der Waals surface area contributed by atoms with E-state index >= 15 is 0 Å². The number of allylic oxidation sites excluding steroid dienone is 1. The first kappa shape index (κ1) is 14.8. The molecule has 3 heteroatoms. The van der Waals surface area contributed by atoms with Gasteiger partial charge in [0, 0.05) is 18.6 Å². The Balaban J connectivity index is 1.79. The summed E-state index contributed by atoms with van der Waals surface area (Å²) < 4.78 is 5.74. The van der Waals surface area contributed by atoms with Gasteiger partial charge < -0.3 is 9.84 Å². The summed E-state index contributed by atoms with van der Waals surface area (Å²) in [5.74, 6) is 0. The van der Waals surface area contributed by atoms with E-state index in [0.717, 1.165) is 38.2 Å². The van der Waals surface area contributed by atoms with Gasteiger partial charge in [0.05, 0.1) is 18.8 Å². The predicted molar refractivity (Wildman–Crippen MR) is 84.0 cm³/mol. The van der Waals surface area contributed by atoms with Crippen LogP contribution in [0.1, 0.15) is 32.3 Å². The van der Waals surface area contributed by atoms with Gasteiger partial charge in [0.25, 0.3) is 0 Å². The summed E-state index contributed by atoms with van der Waals surface area (Å²) >= 11 is 0. The van der Waals surface area contributed by atoms with Crippen molar-refractivity contribution >= 4 is 0 Å². The highest BCUT2D eigenvalue weighted by atomic mass is 16.5. The minimum Gasteiger partial charge on any atom is -0.385 e. The van der Waals surface area contributed by atoms with Crippen molar-refractivity contribution < 1.29 is 9.84 Å². The van der Waals surface area contributed by atoms with Crippen LogP contribution < -0.4 is 0 Å². The molecule has 114 valence electrons. The molecule has 0 spiro atoms. The molecule has 2 fully saturated rings. The van der Waals surface area contributed by atoms with Gasteiger partial charge in [-0.15, -0.1) is 0 Å². The van der Waals surface area contributed by atoms with E-state index in [9.17, 15) is 5.11 Å². The Kier molecular flexibility index (Phi) is 4.16. The Morgan fingerprint density at radius 2 is 1.90 bits per heavy atom. The van der Waals surface area contributed by atoms with Crippen molar-refractivity contribution in [3.05, 3.63) is 47.5 Å². The molecule has 2 heterocycles. The fraction of sp³-hybridized carbons (Fsp3) is 0.556. The van der Waals surface area contributed by atoms with Crippen LogP contribution in [0.15, 0.2) is 42.0 Å². The van der Waals surface area contributed by atoms with E-state index in [1.165, 1.54) is 5.56 Å². The van der Waals surface area contributed by atoms with Crippen LogP contribution in [0.4, 0.5) is 0 Å². The van der Waals surface area contributed by atoms with Crippen molar-refractivity contribution in [3.8, 4) is 0 Å². The zero-order chi connectivity index (χ0) is 14.9. The van der Waals surface area contributed by atoms with Crippen molar-refractivity contribution in [2.75, 3.05) is 13.2 Å². The number of ether oxygens (including phenoxy) is 1. The highest BCUT2D eigenvalue weighted by molar-refractivity contribution is 5.20. The maximum Gasteiger partial charge on any atom is 0.0885 e. The minimum atomic E-state index is -0.652. The quantitative estimate of drug-likeness (QED) is 0.868. The van der Waals surface area contributed by atoms with Gasteiger partial charge in [-0.3, -0.25) is 4.90 Å². The summed E-state index contributed by atoms with van der Waals surface area (Å²) in [7, 11) is 0. The second kappa shape index (κ2) is 5.91. The van der Waals surface area contributed by atoms with Crippen LogP contribution in [0, 0.1) is 0 Å². The molecule has 2 saturated heterocycles. The number of morpholine rings is 1. The Hall–Kier alpha value is -1.16. The summed E-state index contributed by atoms with van der Waals surface area (Å²) in [6, 6.07) is 11.2. The second-order valence-electron chi connectivity index (χ2n) is 6.41. The van der Waals surface area contributed by atoms with E-state index in [0.29, 0.717) is 12.1 Å². The van der Waals surface area contributed by atoms with Crippen LogP contribution >= 0.6 is 0 Å². The molecular weight excluding hydrogens is 262 g/mol. The van der Waals surface area contributed by atoms with Crippen molar-refractivity contribution in [1.82, 2.24) is 4.90 Å². The molecule has 2 bridgehead atoms. The van der Waals surface area contributed by atoms with Crippen LogP contribution in [0.3, 0.4) is 0 Å². The SMILES string of the molecule is CC=C(C)C1(O)CC2COCC(C1)N2Cc1ccccc1. The summed E-state index contributed by atoms with van der Waals surface area (Å²) in [4.78, 5) is 2.52. The maximum absolute atomic E-state index is 11.0. The summed E-state index contributed by atoms with van der Waals surface area (Å²) in [5, 5.41) is 11.0. The molecule has 0 aliphatic carbocycles. The number of benzene rings is 1. The summed E-state index contributed by atoms with van der Waals surface area (Å²) in [5.41, 5.74) is 1.78. The molecule has 0 amide bonds. The zero-order valence-corrected chi connectivity index (χ0v) is 13.0. The molecule has 1 aromatic rings. The number of rotatable bonds is 3. The van der Waals surface area contributed by atoms with Crippen LogP contribution in [-0.2, 0) is 11.3 Å². The van der Waals surface area contributed by atoms with Gasteiger partial charge in [0.1, 0.15) is 0 Å². The lowest BCUT2D eigenvalue weighted by molar-refractivity contribution is -0.133. The number of piperidine rings is 1. The van der Waals surface area contributed by atoms with Crippen molar-refractivity contribution in [1.29, 1.82) is 0 Å². The molecule has 2 atom stereocenters. The minimum absolute atomic E-state index is 0.303. The smallest absolute Gasteiger partial charge is 0.0885 e. The van der Waals surface area contributed by atoms with E-state index in [1.807, 2.05) is 19.9 Å². The Bertz CT molecular complexity index is 497. The molecule has 3 nitrogen and oxygen atoms in total. The van der Waals surface area contributed by atoms with E-state index in [1.54, 1.807) is 0 Å². The van der Waals surface area contributed by atoms with Crippen LogP contribution in [0.5, 0.6) is 0 Å².